The molecular formula is C30H36N2O3. The molecule has 0 N–H and O–H groups in total. The summed E-state index contributed by atoms with van der Waals surface area (Å²) in [5, 5.41) is 2.67. The number of ether oxygens (including phenoxy) is 2. The molecule has 1 saturated heterocycles. The minimum atomic E-state index is 0.115. The molecule has 3 aromatic rings. The number of anilines is 1. The van der Waals surface area contributed by atoms with Crippen molar-refractivity contribution < 1.29 is 14.3 Å². The molecule has 2 aliphatic heterocycles. The van der Waals surface area contributed by atoms with E-state index in [1.54, 1.807) is 14.2 Å². The quantitative estimate of drug-likeness (QED) is 0.432. The zero-order valence-corrected chi connectivity index (χ0v) is 21.2. The summed E-state index contributed by atoms with van der Waals surface area (Å²) in [6, 6.07) is 17.0. The fourth-order valence-corrected chi connectivity index (χ4v) is 5.93. The lowest BCUT2D eigenvalue weighted by molar-refractivity contribution is 0.0733. The Morgan fingerprint density at radius 1 is 1.00 bits per heavy atom. The van der Waals surface area contributed by atoms with Crippen molar-refractivity contribution in [2.45, 2.75) is 39.0 Å². The van der Waals surface area contributed by atoms with E-state index < -0.39 is 0 Å². The van der Waals surface area contributed by atoms with Gasteiger partial charge in [-0.05, 0) is 73.6 Å². The second kappa shape index (κ2) is 10.2. The maximum Gasteiger partial charge on any atom is 0.254 e. The maximum absolute atomic E-state index is 13.2. The van der Waals surface area contributed by atoms with Crippen LogP contribution >= 0.6 is 0 Å². The van der Waals surface area contributed by atoms with Gasteiger partial charge in [0, 0.05) is 42.8 Å². The van der Waals surface area contributed by atoms with Gasteiger partial charge in [-0.2, -0.15) is 0 Å². The van der Waals surface area contributed by atoms with Gasteiger partial charge in [-0.1, -0.05) is 36.4 Å². The molecule has 2 heterocycles. The van der Waals surface area contributed by atoms with Gasteiger partial charge in [-0.15, -0.1) is 0 Å². The second-order valence-electron chi connectivity index (χ2n) is 9.96. The largest absolute Gasteiger partial charge is 0.493 e. The summed E-state index contributed by atoms with van der Waals surface area (Å²) in [7, 11) is 3.25. The van der Waals surface area contributed by atoms with E-state index in [-0.39, 0.29) is 5.91 Å². The Hall–Kier alpha value is -3.21. The molecule has 2 aliphatic rings. The molecule has 1 unspecified atom stereocenters. The minimum absolute atomic E-state index is 0.115. The Balaban J connectivity index is 1.22. The predicted octanol–water partition coefficient (Wildman–Crippen LogP) is 5.86. The smallest absolute Gasteiger partial charge is 0.254 e. The number of amides is 1. The van der Waals surface area contributed by atoms with Crippen molar-refractivity contribution in [3.8, 4) is 11.5 Å². The van der Waals surface area contributed by atoms with E-state index in [0.717, 1.165) is 56.6 Å². The van der Waals surface area contributed by atoms with Crippen LogP contribution in [0.5, 0.6) is 11.5 Å². The van der Waals surface area contributed by atoms with E-state index in [9.17, 15) is 4.79 Å². The topological polar surface area (TPSA) is 42.0 Å². The van der Waals surface area contributed by atoms with Crippen molar-refractivity contribution in [1.29, 1.82) is 0 Å². The number of hydrogen-bond acceptors (Lipinski definition) is 4. The van der Waals surface area contributed by atoms with Crippen molar-refractivity contribution >= 4 is 22.4 Å². The highest BCUT2D eigenvalue weighted by Gasteiger charge is 2.27. The number of nitrogens with zero attached hydrogens (tertiary/aromatic N) is 2. The first-order chi connectivity index (χ1) is 17.1. The van der Waals surface area contributed by atoms with Crippen LogP contribution in [0.3, 0.4) is 0 Å². The normalized spacial score (nSPS) is 18.0. The second-order valence-corrected chi connectivity index (χ2v) is 9.96. The van der Waals surface area contributed by atoms with Crippen LogP contribution in [0.1, 0.15) is 47.2 Å². The first-order valence-corrected chi connectivity index (χ1v) is 12.9. The highest BCUT2D eigenvalue weighted by molar-refractivity contribution is 5.97. The van der Waals surface area contributed by atoms with Crippen LogP contribution in [0.2, 0.25) is 0 Å². The van der Waals surface area contributed by atoms with Crippen molar-refractivity contribution in [2.75, 3.05) is 45.3 Å². The summed E-state index contributed by atoms with van der Waals surface area (Å²) < 4.78 is 10.8. The summed E-state index contributed by atoms with van der Waals surface area (Å²) >= 11 is 0. The molecule has 0 saturated carbocycles. The molecule has 5 heteroatoms. The number of piperidine rings is 1. The molecular weight excluding hydrogens is 436 g/mol. The molecule has 1 atom stereocenters. The van der Waals surface area contributed by atoms with Crippen LogP contribution in [-0.2, 0) is 6.42 Å². The Kier molecular flexibility index (Phi) is 6.85. The standard InChI is InChI=1S/C30H36N2O3/c1-21-12-13-23-10-4-5-11-25(23)29(21)32-16-7-9-22(20-32)8-6-15-31-17-14-24-18-27(34-2)28(35-3)19-26(24)30(31)33/h4-5,10-13,18-19,22H,6-9,14-17,20H2,1-3H3. The molecule has 1 amide bonds. The zero-order chi connectivity index (χ0) is 24.4. The fourth-order valence-electron chi connectivity index (χ4n) is 5.93. The average molecular weight is 473 g/mol. The lowest BCUT2D eigenvalue weighted by Crippen LogP contribution is -2.39. The molecule has 0 aliphatic carbocycles. The van der Waals surface area contributed by atoms with Crippen molar-refractivity contribution in [1.82, 2.24) is 4.90 Å². The third-order valence-corrected chi connectivity index (χ3v) is 7.76. The van der Waals surface area contributed by atoms with Gasteiger partial charge in [0.25, 0.3) is 5.91 Å². The van der Waals surface area contributed by atoms with Crippen LogP contribution in [0.25, 0.3) is 10.8 Å². The number of rotatable bonds is 7. The number of aryl methyl sites for hydroxylation is 1. The van der Waals surface area contributed by atoms with Gasteiger partial charge in [0.2, 0.25) is 0 Å². The molecule has 3 aromatic carbocycles. The van der Waals surface area contributed by atoms with Crippen molar-refractivity contribution in [2.24, 2.45) is 5.92 Å². The number of hydrogen-bond donors (Lipinski definition) is 0. The monoisotopic (exact) mass is 472 g/mol. The minimum Gasteiger partial charge on any atom is -0.493 e. The van der Waals surface area contributed by atoms with Crippen molar-refractivity contribution in [3.05, 3.63) is 65.2 Å². The van der Waals surface area contributed by atoms with Gasteiger partial charge in [-0.25, -0.2) is 0 Å². The molecule has 35 heavy (non-hydrogen) atoms. The number of fused-ring (bicyclic) bond motifs is 2. The maximum atomic E-state index is 13.2. The van der Waals surface area contributed by atoms with Gasteiger partial charge < -0.3 is 19.3 Å². The zero-order valence-electron chi connectivity index (χ0n) is 21.2. The van der Waals surface area contributed by atoms with E-state index in [0.29, 0.717) is 17.4 Å². The molecule has 0 aromatic heterocycles. The highest BCUT2D eigenvalue weighted by Crippen LogP contribution is 2.35. The molecule has 184 valence electrons. The van der Waals surface area contributed by atoms with E-state index in [1.165, 1.54) is 34.9 Å². The lowest BCUT2D eigenvalue weighted by Gasteiger charge is -2.36. The van der Waals surface area contributed by atoms with Crippen LogP contribution in [0.4, 0.5) is 5.69 Å². The molecule has 1 fully saturated rings. The van der Waals surface area contributed by atoms with Crippen LogP contribution in [-0.4, -0.2) is 51.2 Å². The molecule has 0 bridgehead atoms. The summed E-state index contributed by atoms with van der Waals surface area (Å²) in [5.41, 5.74) is 4.57. The van der Waals surface area contributed by atoms with Gasteiger partial charge in [0.05, 0.1) is 14.2 Å². The number of carbonyl (C=O) groups is 1. The first-order valence-electron chi connectivity index (χ1n) is 12.9. The molecule has 5 nitrogen and oxygen atoms in total. The predicted molar refractivity (Wildman–Crippen MR) is 142 cm³/mol. The SMILES string of the molecule is COc1cc2c(cc1OC)C(=O)N(CCCC1CCCN(c3c(C)ccc4ccccc34)C1)CC2. The van der Waals surface area contributed by atoms with Gasteiger partial charge in [0.15, 0.2) is 11.5 Å². The van der Waals surface area contributed by atoms with Crippen LogP contribution < -0.4 is 14.4 Å². The summed E-state index contributed by atoms with van der Waals surface area (Å²) in [6.45, 7) is 6.04. The summed E-state index contributed by atoms with van der Waals surface area (Å²) in [5.74, 6) is 2.09. The Bertz CT molecular complexity index is 1220. The van der Waals surface area contributed by atoms with E-state index >= 15 is 0 Å². The van der Waals surface area contributed by atoms with Gasteiger partial charge in [0.1, 0.15) is 0 Å². The van der Waals surface area contributed by atoms with E-state index in [2.05, 4.69) is 48.2 Å². The highest BCUT2D eigenvalue weighted by atomic mass is 16.5. The van der Waals surface area contributed by atoms with Crippen molar-refractivity contribution in [3.63, 3.8) is 0 Å². The summed E-state index contributed by atoms with van der Waals surface area (Å²) in [4.78, 5) is 17.8. The number of carbonyl (C=O) groups excluding carboxylic acids is 1. The number of methoxy groups -OCH3 is 2. The third-order valence-electron chi connectivity index (χ3n) is 7.76. The van der Waals surface area contributed by atoms with Gasteiger partial charge in [-0.3, -0.25) is 4.79 Å². The van der Waals surface area contributed by atoms with Gasteiger partial charge >= 0.3 is 0 Å². The Morgan fingerprint density at radius 3 is 2.63 bits per heavy atom. The lowest BCUT2D eigenvalue weighted by atomic mass is 9.91. The number of benzene rings is 3. The average Bonchev–Trinajstić information content (AvgIpc) is 2.89. The van der Waals surface area contributed by atoms with E-state index in [4.69, 9.17) is 9.47 Å². The first kappa shape index (κ1) is 23.5. The Morgan fingerprint density at radius 2 is 1.80 bits per heavy atom. The van der Waals surface area contributed by atoms with Crippen LogP contribution in [0, 0.1) is 12.8 Å². The molecule has 0 spiro atoms. The van der Waals surface area contributed by atoms with Crippen LogP contribution in [0.15, 0.2) is 48.5 Å². The molecule has 5 rings (SSSR count). The summed E-state index contributed by atoms with van der Waals surface area (Å²) in [6.07, 6.45) is 5.56. The van der Waals surface area contributed by atoms with E-state index in [1.807, 2.05) is 17.0 Å². The Labute approximate surface area is 208 Å². The molecule has 0 radical (unpaired) electrons. The fraction of sp³-hybridized carbons (Fsp3) is 0.433. The third kappa shape index (κ3) is 4.69.